The summed E-state index contributed by atoms with van der Waals surface area (Å²) in [4.78, 5) is 16.8. The maximum atomic E-state index is 12.5. The van der Waals surface area contributed by atoms with Crippen molar-refractivity contribution in [1.29, 1.82) is 0 Å². The van der Waals surface area contributed by atoms with Gasteiger partial charge in [0.05, 0.1) is 5.56 Å². The highest BCUT2D eigenvalue weighted by Crippen LogP contribution is 2.32. The van der Waals surface area contributed by atoms with Crippen LogP contribution in [0.25, 0.3) is 0 Å². The van der Waals surface area contributed by atoms with Crippen LogP contribution in [0.15, 0.2) is 60.8 Å². The number of hydrogen-bond acceptors (Lipinski definition) is 5. The van der Waals surface area contributed by atoms with Crippen molar-refractivity contribution in [1.82, 2.24) is 4.98 Å². The Kier molecular flexibility index (Phi) is 5.10. The van der Waals surface area contributed by atoms with Crippen LogP contribution in [0.2, 0.25) is 0 Å². The van der Waals surface area contributed by atoms with E-state index in [2.05, 4.69) is 46.8 Å². The van der Waals surface area contributed by atoms with Crippen LogP contribution in [0.4, 0.5) is 11.5 Å². The molecule has 0 spiro atoms. The first-order valence-electron chi connectivity index (χ1n) is 9.14. The molecule has 0 radical (unpaired) electrons. The van der Waals surface area contributed by atoms with Gasteiger partial charge in [-0.05, 0) is 36.8 Å². The lowest BCUT2D eigenvalue weighted by Crippen LogP contribution is -2.16. The summed E-state index contributed by atoms with van der Waals surface area (Å²) in [5, 5.41) is 6.11. The molecule has 1 aliphatic heterocycles. The van der Waals surface area contributed by atoms with Gasteiger partial charge >= 0.3 is 0 Å². The highest BCUT2D eigenvalue weighted by Gasteiger charge is 2.13. The SMILES string of the molecule is Cc1ccc(CNc2ccc(C(=O)Nc3ccc4c(c3)OCCO4)cn2)cc1. The van der Waals surface area contributed by atoms with Crippen molar-refractivity contribution >= 4 is 17.4 Å². The van der Waals surface area contributed by atoms with Gasteiger partial charge in [0.2, 0.25) is 0 Å². The second-order valence-corrected chi connectivity index (χ2v) is 6.58. The van der Waals surface area contributed by atoms with Gasteiger partial charge < -0.3 is 20.1 Å². The van der Waals surface area contributed by atoms with E-state index in [1.807, 2.05) is 0 Å². The fourth-order valence-corrected chi connectivity index (χ4v) is 2.86. The second kappa shape index (κ2) is 8.00. The Labute approximate surface area is 163 Å². The van der Waals surface area contributed by atoms with Crippen LogP contribution in [-0.4, -0.2) is 24.1 Å². The molecule has 2 aromatic carbocycles. The number of carbonyl (C=O) groups excluding carboxylic acids is 1. The van der Waals surface area contributed by atoms with Crippen molar-refractivity contribution in [2.45, 2.75) is 13.5 Å². The number of fused-ring (bicyclic) bond motifs is 1. The van der Waals surface area contributed by atoms with Crippen molar-refractivity contribution in [2.75, 3.05) is 23.8 Å². The Morgan fingerprint density at radius 3 is 2.54 bits per heavy atom. The highest BCUT2D eigenvalue weighted by molar-refractivity contribution is 6.04. The molecule has 2 N–H and O–H groups in total. The number of ether oxygens (including phenoxy) is 2. The third kappa shape index (κ3) is 4.23. The molecule has 3 aromatic rings. The van der Waals surface area contributed by atoms with E-state index < -0.39 is 0 Å². The van der Waals surface area contributed by atoms with Gasteiger partial charge in [0.15, 0.2) is 11.5 Å². The Balaban J connectivity index is 1.36. The number of nitrogens with zero attached hydrogens (tertiary/aromatic N) is 1. The summed E-state index contributed by atoms with van der Waals surface area (Å²) in [5.74, 6) is 1.82. The highest BCUT2D eigenvalue weighted by atomic mass is 16.6. The largest absolute Gasteiger partial charge is 0.486 e. The Hall–Kier alpha value is -3.54. The molecule has 0 saturated carbocycles. The number of benzene rings is 2. The molecule has 2 heterocycles. The van der Waals surface area contributed by atoms with Crippen molar-refractivity contribution < 1.29 is 14.3 Å². The maximum absolute atomic E-state index is 12.5. The number of nitrogens with one attached hydrogen (secondary N) is 2. The van der Waals surface area contributed by atoms with E-state index in [1.54, 1.807) is 36.5 Å². The Morgan fingerprint density at radius 1 is 1.00 bits per heavy atom. The zero-order chi connectivity index (χ0) is 19.3. The number of carbonyl (C=O) groups is 1. The molecule has 0 atom stereocenters. The minimum Gasteiger partial charge on any atom is -0.486 e. The molecule has 1 aliphatic rings. The van der Waals surface area contributed by atoms with Crippen molar-refractivity contribution in [3.05, 3.63) is 77.5 Å². The second-order valence-electron chi connectivity index (χ2n) is 6.58. The van der Waals surface area contributed by atoms with Crippen molar-refractivity contribution in [3.8, 4) is 11.5 Å². The standard InChI is InChI=1S/C22H21N3O3/c1-15-2-4-16(5-3-15)13-23-21-9-6-17(14-24-21)22(26)25-18-7-8-19-20(12-18)28-11-10-27-19/h2-9,12,14H,10-11,13H2,1H3,(H,23,24)(H,25,26). The average molecular weight is 375 g/mol. The first kappa shape index (κ1) is 17.9. The fraction of sp³-hybridized carbons (Fsp3) is 0.182. The number of aromatic nitrogens is 1. The van der Waals surface area contributed by atoms with Crippen molar-refractivity contribution in [3.63, 3.8) is 0 Å². The zero-order valence-electron chi connectivity index (χ0n) is 15.6. The normalized spacial score (nSPS) is 12.3. The van der Waals surface area contributed by atoms with Gasteiger partial charge in [0, 0.05) is 24.5 Å². The lowest BCUT2D eigenvalue weighted by Gasteiger charge is -2.19. The molecule has 6 heteroatoms. The van der Waals surface area contributed by atoms with Crippen LogP contribution in [0.3, 0.4) is 0 Å². The predicted octanol–water partition coefficient (Wildman–Crippen LogP) is 4.03. The quantitative estimate of drug-likeness (QED) is 0.705. The van der Waals surface area contributed by atoms with Crippen LogP contribution in [0, 0.1) is 6.92 Å². The van der Waals surface area contributed by atoms with Gasteiger partial charge in [-0.25, -0.2) is 4.98 Å². The lowest BCUT2D eigenvalue weighted by atomic mass is 10.1. The first-order chi connectivity index (χ1) is 13.7. The van der Waals surface area contributed by atoms with Gasteiger partial charge in [-0.2, -0.15) is 0 Å². The molecule has 0 saturated heterocycles. The number of pyridine rings is 1. The topological polar surface area (TPSA) is 72.5 Å². The van der Waals surface area contributed by atoms with E-state index >= 15 is 0 Å². The first-order valence-corrected chi connectivity index (χ1v) is 9.14. The summed E-state index contributed by atoms with van der Waals surface area (Å²) in [6, 6.07) is 17.2. The third-order valence-corrected chi connectivity index (χ3v) is 4.42. The minimum atomic E-state index is -0.228. The zero-order valence-corrected chi connectivity index (χ0v) is 15.6. The molecule has 6 nitrogen and oxygen atoms in total. The molecule has 0 fully saturated rings. The monoisotopic (exact) mass is 375 g/mol. The van der Waals surface area contributed by atoms with Crippen LogP contribution < -0.4 is 20.1 Å². The maximum Gasteiger partial charge on any atom is 0.257 e. The lowest BCUT2D eigenvalue weighted by molar-refractivity contribution is 0.102. The van der Waals surface area contributed by atoms with E-state index in [-0.39, 0.29) is 5.91 Å². The fourth-order valence-electron chi connectivity index (χ4n) is 2.86. The molecule has 1 aromatic heterocycles. The van der Waals surface area contributed by atoms with E-state index in [4.69, 9.17) is 9.47 Å². The van der Waals surface area contributed by atoms with Crippen LogP contribution >= 0.6 is 0 Å². The molecule has 4 rings (SSSR count). The van der Waals surface area contributed by atoms with E-state index in [0.717, 1.165) is 5.82 Å². The van der Waals surface area contributed by atoms with Crippen LogP contribution in [-0.2, 0) is 6.54 Å². The number of aryl methyl sites for hydroxylation is 1. The number of rotatable bonds is 5. The summed E-state index contributed by atoms with van der Waals surface area (Å²) in [6.07, 6.45) is 1.56. The average Bonchev–Trinajstić information content (AvgIpc) is 2.73. The summed E-state index contributed by atoms with van der Waals surface area (Å²) >= 11 is 0. The number of hydrogen-bond donors (Lipinski definition) is 2. The molecular weight excluding hydrogens is 354 g/mol. The van der Waals surface area contributed by atoms with Crippen LogP contribution in [0.5, 0.6) is 11.5 Å². The van der Waals surface area contributed by atoms with Gasteiger partial charge in [-0.1, -0.05) is 29.8 Å². The summed E-state index contributed by atoms with van der Waals surface area (Å²) in [7, 11) is 0. The van der Waals surface area contributed by atoms with E-state index in [1.165, 1.54) is 11.1 Å². The summed E-state index contributed by atoms with van der Waals surface area (Å²) in [6.45, 7) is 3.78. The minimum absolute atomic E-state index is 0.228. The number of amides is 1. The van der Waals surface area contributed by atoms with Crippen molar-refractivity contribution in [2.24, 2.45) is 0 Å². The van der Waals surface area contributed by atoms with Gasteiger partial charge in [0.1, 0.15) is 19.0 Å². The molecule has 1 amide bonds. The Bertz CT molecular complexity index is 969. The molecular formula is C22H21N3O3. The van der Waals surface area contributed by atoms with Crippen LogP contribution in [0.1, 0.15) is 21.5 Å². The third-order valence-electron chi connectivity index (χ3n) is 4.42. The molecule has 0 unspecified atom stereocenters. The molecule has 28 heavy (non-hydrogen) atoms. The Morgan fingerprint density at radius 2 is 1.79 bits per heavy atom. The number of anilines is 2. The molecule has 0 bridgehead atoms. The van der Waals surface area contributed by atoms with E-state index in [0.29, 0.717) is 42.5 Å². The smallest absolute Gasteiger partial charge is 0.257 e. The summed E-state index contributed by atoms with van der Waals surface area (Å²) in [5.41, 5.74) is 3.54. The molecule has 142 valence electrons. The van der Waals surface area contributed by atoms with Gasteiger partial charge in [0.25, 0.3) is 5.91 Å². The summed E-state index contributed by atoms with van der Waals surface area (Å²) < 4.78 is 11.0. The van der Waals surface area contributed by atoms with E-state index in [9.17, 15) is 4.79 Å². The van der Waals surface area contributed by atoms with Gasteiger partial charge in [-0.3, -0.25) is 4.79 Å². The molecule has 0 aliphatic carbocycles. The van der Waals surface area contributed by atoms with Gasteiger partial charge in [-0.15, -0.1) is 0 Å². The predicted molar refractivity (Wildman–Crippen MR) is 108 cm³/mol.